The van der Waals surface area contributed by atoms with Crippen LogP contribution >= 0.6 is 0 Å². The third-order valence-electron chi connectivity index (χ3n) is 6.59. The molecule has 2 aromatic rings. The summed E-state index contributed by atoms with van der Waals surface area (Å²) < 4.78 is 163. The molecule has 4 N–H and O–H groups in total. The maximum Gasteiger partial charge on any atom is 0.416 e. The molecular formula is C24H20F12N4O2. The molecule has 1 aliphatic carbocycles. The Balaban J connectivity index is 2.43. The molecule has 0 heterocycles. The van der Waals surface area contributed by atoms with Crippen molar-refractivity contribution in [3.63, 3.8) is 0 Å². The first-order chi connectivity index (χ1) is 19.0. The van der Waals surface area contributed by atoms with Crippen molar-refractivity contribution in [1.82, 2.24) is 0 Å². The Hall–Kier alpha value is -3.86. The predicted octanol–water partition coefficient (Wildman–Crippen LogP) is 7.89. The first-order valence-electron chi connectivity index (χ1n) is 11.8. The van der Waals surface area contributed by atoms with Crippen LogP contribution in [-0.4, -0.2) is 17.7 Å². The lowest BCUT2D eigenvalue weighted by molar-refractivity contribution is -0.144. The average molecular weight is 624 g/mol. The fraction of sp³-hybridized carbons (Fsp3) is 0.417. The summed E-state index contributed by atoms with van der Waals surface area (Å²) in [5.74, 6) is 0. The molecule has 18 heteroatoms. The molecule has 0 aliphatic heterocycles. The van der Waals surface area contributed by atoms with Crippen LogP contribution < -0.4 is 21.3 Å². The van der Waals surface area contributed by atoms with Crippen LogP contribution in [-0.2, 0) is 24.7 Å². The normalized spacial score (nSPS) is 16.2. The van der Waals surface area contributed by atoms with Gasteiger partial charge in [0.2, 0.25) is 0 Å². The number of carbonyl (C=O) groups is 2. The van der Waals surface area contributed by atoms with Gasteiger partial charge in [-0.2, -0.15) is 52.7 Å². The zero-order chi connectivity index (χ0) is 32.1. The smallest absolute Gasteiger partial charge is 0.351 e. The van der Waals surface area contributed by atoms with Gasteiger partial charge < -0.3 is 11.5 Å². The van der Waals surface area contributed by atoms with Crippen molar-refractivity contribution in [1.29, 1.82) is 0 Å². The molecule has 232 valence electrons. The molecule has 4 amide bonds. The monoisotopic (exact) mass is 624 g/mol. The molecule has 1 fully saturated rings. The lowest BCUT2D eigenvalue weighted by Gasteiger charge is -2.51. The molecule has 0 bridgehead atoms. The number of benzene rings is 2. The summed E-state index contributed by atoms with van der Waals surface area (Å²) >= 11 is 0. The van der Waals surface area contributed by atoms with Gasteiger partial charge in [-0.25, -0.2) is 9.59 Å². The van der Waals surface area contributed by atoms with Crippen molar-refractivity contribution in [3.8, 4) is 0 Å². The van der Waals surface area contributed by atoms with Gasteiger partial charge in [0.25, 0.3) is 0 Å². The molecule has 0 radical (unpaired) electrons. The predicted molar refractivity (Wildman–Crippen MR) is 123 cm³/mol. The Morgan fingerprint density at radius 2 is 0.786 bits per heavy atom. The first-order valence-corrected chi connectivity index (χ1v) is 11.8. The van der Waals surface area contributed by atoms with Crippen LogP contribution in [0.15, 0.2) is 36.4 Å². The molecule has 0 unspecified atom stereocenters. The standard InChI is InChI=1S/C24H20F12N4O2/c25-21(26,27)12-6-13(22(28,29)30)9-16(8-12)39(18(37)41)20(4-2-1-3-5-20)40(19(38)42)17-10-14(23(31,32)33)7-15(11-17)24(34,35)36/h6-11H,1-5H2,(H2,37,41)(H2,38,42). The van der Waals surface area contributed by atoms with Gasteiger partial charge in [-0.15, -0.1) is 0 Å². The quantitative estimate of drug-likeness (QED) is 0.268. The van der Waals surface area contributed by atoms with Crippen LogP contribution in [0, 0.1) is 0 Å². The van der Waals surface area contributed by atoms with Crippen LogP contribution in [0.25, 0.3) is 0 Å². The molecule has 2 aromatic carbocycles. The van der Waals surface area contributed by atoms with E-state index in [0.29, 0.717) is 6.42 Å². The fourth-order valence-corrected chi connectivity index (χ4v) is 4.95. The molecule has 42 heavy (non-hydrogen) atoms. The van der Waals surface area contributed by atoms with Crippen molar-refractivity contribution in [2.75, 3.05) is 9.80 Å². The lowest BCUT2D eigenvalue weighted by atomic mass is 9.84. The van der Waals surface area contributed by atoms with Gasteiger partial charge >= 0.3 is 36.8 Å². The molecule has 3 rings (SSSR count). The van der Waals surface area contributed by atoms with Crippen LogP contribution in [0.5, 0.6) is 0 Å². The summed E-state index contributed by atoms with van der Waals surface area (Å²) in [5.41, 5.74) is -1.71. The van der Waals surface area contributed by atoms with Crippen LogP contribution in [0.1, 0.15) is 54.4 Å². The number of primary amides is 2. The van der Waals surface area contributed by atoms with Gasteiger partial charge in [0, 0.05) is 11.4 Å². The number of anilines is 2. The number of rotatable bonds is 4. The highest BCUT2D eigenvalue weighted by Gasteiger charge is 2.50. The summed E-state index contributed by atoms with van der Waals surface area (Å²) in [7, 11) is 0. The largest absolute Gasteiger partial charge is 0.416 e. The minimum atomic E-state index is -5.41. The van der Waals surface area contributed by atoms with E-state index < -0.39 is 88.9 Å². The highest BCUT2D eigenvalue weighted by atomic mass is 19.4. The highest BCUT2D eigenvalue weighted by molar-refractivity contribution is 5.99. The van der Waals surface area contributed by atoms with Crippen molar-refractivity contribution in [2.24, 2.45) is 11.5 Å². The Kier molecular flexibility index (Phi) is 8.37. The van der Waals surface area contributed by atoms with Gasteiger partial charge in [0.1, 0.15) is 5.66 Å². The lowest BCUT2D eigenvalue weighted by Crippen LogP contribution is -2.68. The second kappa shape index (κ2) is 10.8. The average Bonchev–Trinajstić information content (AvgIpc) is 2.82. The Labute approximate surface area is 228 Å². The highest BCUT2D eigenvalue weighted by Crippen LogP contribution is 2.47. The second-order valence-electron chi connectivity index (χ2n) is 9.42. The van der Waals surface area contributed by atoms with Crippen LogP contribution in [0.2, 0.25) is 0 Å². The number of carbonyl (C=O) groups excluding carboxylic acids is 2. The van der Waals surface area contributed by atoms with E-state index in [4.69, 9.17) is 11.5 Å². The SMILES string of the molecule is NC(=O)N(c1cc(C(F)(F)F)cc(C(F)(F)F)c1)C1(N(C(N)=O)c2cc(C(F)(F)F)cc(C(F)(F)F)c2)CCCCC1. The topological polar surface area (TPSA) is 92.7 Å². The molecule has 1 aliphatic rings. The Morgan fingerprint density at radius 3 is 1.00 bits per heavy atom. The minimum absolute atomic E-state index is 0.0380. The fourth-order valence-electron chi connectivity index (χ4n) is 4.95. The van der Waals surface area contributed by atoms with E-state index in [0.717, 1.165) is 0 Å². The van der Waals surface area contributed by atoms with Crippen LogP contribution in [0.3, 0.4) is 0 Å². The van der Waals surface area contributed by atoms with Gasteiger partial charge in [0.05, 0.1) is 22.3 Å². The van der Waals surface area contributed by atoms with Gasteiger partial charge in [0.15, 0.2) is 0 Å². The Bertz CT molecular complexity index is 1180. The number of amides is 4. The van der Waals surface area contributed by atoms with Crippen molar-refractivity contribution in [2.45, 2.75) is 62.5 Å². The van der Waals surface area contributed by atoms with Gasteiger partial charge in [-0.1, -0.05) is 6.42 Å². The summed E-state index contributed by atoms with van der Waals surface area (Å²) in [6, 6.07) is -3.73. The summed E-state index contributed by atoms with van der Waals surface area (Å²) in [5, 5.41) is 0. The number of nitrogens with zero attached hydrogens (tertiary/aromatic N) is 2. The second-order valence-corrected chi connectivity index (χ2v) is 9.42. The molecule has 1 saturated carbocycles. The molecule has 0 spiro atoms. The molecule has 0 atom stereocenters. The van der Waals surface area contributed by atoms with E-state index in [2.05, 4.69) is 0 Å². The number of nitrogens with two attached hydrogens (primary N) is 2. The van der Waals surface area contributed by atoms with E-state index >= 15 is 0 Å². The number of halogens is 12. The summed E-state index contributed by atoms with van der Waals surface area (Å²) in [6.45, 7) is 0. The van der Waals surface area contributed by atoms with Gasteiger partial charge in [-0.05, 0) is 62.1 Å². The minimum Gasteiger partial charge on any atom is -0.351 e. The number of hydrogen-bond acceptors (Lipinski definition) is 2. The number of alkyl halides is 12. The maximum atomic E-state index is 13.6. The number of hydrogen-bond donors (Lipinski definition) is 2. The Morgan fingerprint density at radius 1 is 0.524 bits per heavy atom. The third-order valence-corrected chi connectivity index (χ3v) is 6.59. The first kappa shape index (κ1) is 32.7. The summed E-state index contributed by atoms with van der Waals surface area (Å²) in [4.78, 5) is 25.8. The van der Waals surface area contributed by atoms with E-state index in [-0.39, 0.29) is 59.0 Å². The molecule has 0 saturated heterocycles. The summed E-state index contributed by atoms with van der Waals surface area (Å²) in [6.07, 6.45) is -22.5. The van der Waals surface area contributed by atoms with E-state index in [1.165, 1.54) is 0 Å². The van der Waals surface area contributed by atoms with Gasteiger partial charge in [-0.3, -0.25) is 9.80 Å². The van der Waals surface area contributed by atoms with E-state index in [1.807, 2.05) is 0 Å². The molecular weight excluding hydrogens is 604 g/mol. The van der Waals surface area contributed by atoms with Crippen molar-refractivity contribution < 1.29 is 62.3 Å². The molecule has 6 nitrogen and oxygen atoms in total. The van der Waals surface area contributed by atoms with E-state index in [1.54, 1.807) is 0 Å². The van der Waals surface area contributed by atoms with E-state index in [9.17, 15) is 62.3 Å². The third kappa shape index (κ3) is 6.61. The maximum absolute atomic E-state index is 13.6. The zero-order valence-electron chi connectivity index (χ0n) is 20.9. The number of urea groups is 2. The van der Waals surface area contributed by atoms with Crippen molar-refractivity contribution >= 4 is 23.4 Å². The van der Waals surface area contributed by atoms with Crippen molar-refractivity contribution in [3.05, 3.63) is 58.7 Å². The molecule has 0 aromatic heterocycles. The zero-order valence-corrected chi connectivity index (χ0v) is 20.9. The van der Waals surface area contributed by atoms with Crippen LogP contribution in [0.4, 0.5) is 73.6 Å².